The molecule has 0 spiro atoms. The molecule has 0 aliphatic carbocycles. The predicted molar refractivity (Wildman–Crippen MR) is 216 cm³/mol. The largest absolute Gasteiger partial charge is 0.309 e. The van der Waals surface area contributed by atoms with Crippen LogP contribution in [0.3, 0.4) is 0 Å². The highest BCUT2D eigenvalue weighted by atomic mass is 32.1. The lowest BCUT2D eigenvalue weighted by Crippen LogP contribution is -2.10. The fourth-order valence-corrected chi connectivity index (χ4v) is 9.23. The van der Waals surface area contributed by atoms with Crippen LogP contribution in [0.2, 0.25) is 0 Å². The SMILES string of the molecule is c1ccc(N2c3ccccc3-c3cc4c5cnccc5n(-c5cccc(-c6ccc7sc8ccccc8c7c6)c5)c4cc3-c3ccccc32)cc1. The van der Waals surface area contributed by atoms with Crippen LogP contribution < -0.4 is 4.90 Å². The van der Waals surface area contributed by atoms with Gasteiger partial charge in [0.1, 0.15) is 0 Å². The number of thiophene rings is 1. The van der Waals surface area contributed by atoms with Crippen molar-refractivity contribution in [2.24, 2.45) is 0 Å². The molecule has 4 heteroatoms. The summed E-state index contributed by atoms with van der Waals surface area (Å²) in [5.41, 5.74) is 14.2. The molecule has 0 atom stereocenters. The fraction of sp³-hybridized carbons (Fsp3) is 0. The van der Waals surface area contributed by atoms with Crippen LogP contribution in [0.1, 0.15) is 0 Å². The average molecular weight is 668 g/mol. The Balaban J connectivity index is 1.16. The Morgan fingerprint density at radius 3 is 1.94 bits per heavy atom. The Morgan fingerprint density at radius 1 is 0.412 bits per heavy atom. The van der Waals surface area contributed by atoms with Crippen LogP contribution >= 0.6 is 11.3 Å². The number of aromatic nitrogens is 2. The van der Waals surface area contributed by atoms with Crippen molar-refractivity contribution in [3.8, 4) is 39.1 Å². The molecule has 3 nitrogen and oxygen atoms in total. The molecule has 1 aliphatic heterocycles. The number of para-hydroxylation sites is 3. The summed E-state index contributed by atoms with van der Waals surface area (Å²) in [6, 6.07) is 59.8. The van der Waals surface area contributed by atoms with E-state index in [0.717, 1.165) is 33.5 Å². The first-order valence-electron chi connectivity index (χ1n) is 17.3. The van der Waals surface area contributed by atoms with Crippen LogP contribution in [-0.2, 0) is 0 Å². The van der Waals surface area contributed by atoms with Crippen LogP contribution in [0, 0.1) is 0 Å². The lowest BCUT2D eigenvalue weighted by Gasteiger charge is -2.27. The highest BCUT2D eigenvalue weighted by Gasteiger charge is 2.27. The number of fused-ring (bicyclic) bond motifs is 11. The van der Waals surface area contributed by atoms with Crippen LogP contribution in [0.25, 0.3) is 81.0 Å². The molecule has 0 saturated heterocycles. The van der Waals surface area contributed by atoms with Gasteiger partial charge in [0.05, 0.1) is 22.4 Å². The first kappa shape index (κ1) is 28.4. The van der Waals surface area contributed by atoms with E-state index in [4.69, 9.17) is 0 Å². The third-order valence-corrected chi connectivity index (χ3v) is 11.6. The Morgan fingerprint density at radius 2 is 1.10 bits per heavy atom. The molecular weight excluding hydrogens is 639 g/mol. The van der Waals surface area contributed by atoms with Crippen LogP contribution in [0.15, 0.2) is 176 Å². The normalized spacial score (nSPS) is 12.3. The van der Waals surface area contributed by atoms with Gasteiger partial charge >= 0.3 is 0 Å². The second-order valence-electron chi connectivity index (χ2n) is 13.2. The van der Waals surface area contributed by atoms with Gasteiger partial charge in [-0.15, -0.1) is 11.3 Å². The Labute approximate surface area is 298 Å². The van der Waals surface area contributed by atoms with Gasteiger partial charge in [-0.25, -0.2) is 0 Å². The number of hydrogen-bond acceptors (Lipinski definition) is 3. The van der Waals surface area contributed by atoms with Gasteiger partial charge in [-0.2, -0.15) is 0 Å². The van der Waals surface area contributed by atoms with Gasteiger partial charge in [-0.05, 0) is 95.1 Å². The molecule has 7 aromatic carbocycles. The average Bonchev–Trinajstić information content (AvgIpc) is 3.69. The van der Waals surface area contributed by atoms with Crippen molar-refractivity contribution in [3.05, 3.63) is 176 Å². The topological polar surface area (TPSA) is 21.1 Å². The van der Waals surface area contributed by atoms with Gasteiger partial charge < -0.3 is 9.47 Å². The predicted octanol–water partition coefficient (Wildman–Crippen LogP) is 13.3. The summed E-state index contributed by atoms with van der Waals surface area (Å²) in [4.78, 5) is 7.03. The molecule has 0 fully saturated rings. The van der Waals surface area contributed by atoms with Crippen molar-refractivity contribution in [2.45, 2.75) is 0 Å². The third-order valence-electron chi connectivity index (χ3n) is 10.4. The number of rotatable bonds is 3. The second kappa shape index (κ2) is 11.0. The first-order valence-corrected chi connectivity index (χ1v) is 18.1. The Bertz CT molecular complexity index is 2990. The third kappa shape index (κ3) is 4.27. The van der Waals surface area contributed by atoms with E-state index < -0.39 is 0 Å². The van der Waals surface area contributed by atoms with Gasteiger partial charge in [-0.1, -0.05) is 91.0 Å². The highest BCUT2D eigenvalue weighted by molar-refractivity contribution is 7.25. The number of nitrogens with zero attached hydrogens (tertiary/aromatic N) is 3. The van der Waals surface area contributed by atoms with Gasteiger partial charge in [0.25, 0.3) is 0 Å². The second-order valence-corrected chi connectivity index (χ2v) is 14.3. The Hall–Kier alpha value is -6.49. The molecule has 51 heavy (non-hydrogen) atoms. The zero-order valence-electron chi connectivity index (χ0n) is 27.5. The van der Waals surface area contributed by atoms with Crippen molar-refractivity contribution in [3.63, 3.8) is 0 Å². The molecule has 0 radical (unpaired) electrons. The smallest absolute Gasteiger partial charge is 0.0571 e. The first-order chi connectivity index (χ1) is 25.3. The molecule has 4 heterocycles. The molecule has 0 amide bonds. The van der Waals surface area contributed by atoms with Gasteiger partial charge in [0, 0.05) is 65.8 Å². The van der Waals surface area contributed by atoms with Crippen LogP contribution in [0.4, 0.5) is 17.1 Å². The van der Waals surface area contributed by atoms with E-state index in [1.165, 1.54) is 64.6 Å². The van der Waals surface area contributed by atoms with E-state index in [9.17, 15) is 0 Å². The van der Waals surface area contributed by atoms with Crippen molar-refractivity contribution in [1.82, 2.24) is 9.55 Å². The number of benzene rings is 7. The number of pyridine rings is 1. The minimum Gasteiger partial charge on any atom is -0.309 e. The van der Waals surface area contributed by atoms with Gasteiger partial charge in [0.15, 0.2) is 0 Å². The molecule has 0 saturated carbocycles. The summed E-state index contributed by atoms with van der Waals surface area (Å²) in [5, 5.41) is 4.96. The zero-order chi connectivity index (χ0) is 33.5. The zero-order valence-corrected chi connectivity index (χ0v) is 28.3. The molecular formula is C47H29N3S. The van der Waals surface area contributed by atoms with Crippen LogP contribution in [0.5, 0.6) is 0 Å². The lowest BCUT2D eigenvalue weighted by atomic mass is 9.93. The van der Waals surface area contributed by atoms with E-state index in [2.05, 4.69) is 178 Å². The molecule has 0 unspecified atom stereocenters. The van der Waals surface area contributed by atoms with E-state index in [1.54, 1.807) is 0 Å². The minimum atomic E-state index is 1.13. The van der Waals surface area contributed by atoms with Crippen molar-refractivity contribution < 1.29 is 0 Å². The van der Waals surface area contributed by atoms with Crippen molar-refractivity contribution in [1.29, 1.82) is 0 Å². The summed E-state index contributed by atoms with van der Waals surface area (Å²) in [5.74, 6) is 0. The summed E-state index contributed by atoms with van der Waals surface area (Å²) < 4.78 is 5.06. The van der Waals surface area contributed by atoms with Crippen molar-refractivity contribution in [2.75, 3.05) is 4.90 Å². The minimum absolute atomic E-state index is 1.13. The summed E-state index contributed by atoms with van der Waals surface area (Å²) >= 11 is 1.86. The number of hydrogen-bond donors (Lipinski definition) is 0. The highest BCUT2D eigenvalue weighted by Crippen LogP contribution is 2.52. The van der Waals surface area contributed by atoms with Gasteiger partial charge in [0.2, 0.25) is 0 Å². The Kier molecular flexibility index (Phi) is 6.12. The summed E-state index contributed by atoms with van der Waals surface area (Å²) in [7, 11) is 0. The lowest BCUT2D eigenvalue weighted by molar-refractivity contribution is 1.18. The van der Waals surface area contributed by atoms with E-state index in [0.29, 0.717) is 0 Å². The maximum atomic E-state index is 4.63. The molecule has 238 valence electrons. The van der Waals surface area contributed by atoms with E-state index in [-0.39, 0.29) is 0 Å². The number of anilines is 3. The molecule has 0 bridgehead atoms. The maximum absolute atomic E-state index is 4.63. The molecule has 10 aromatic rings. The molecule has 0 N–H and O–H groups in total. The molecule has 1 aliphatic rings. The molecule has 3 aromatic heterocycles. The standard InChI is InChI=1S/C47H29N3S/c1-2-12-32(13-3-1)49-42-18-7-4-15-34(42)37-27-39-41-29-48-24-23-44(41)50(45(39)28-38(37)35-16-5-8-19-43(35)49)33-14-10-11-30(25-33)31-21-22-47-40(26-31)36-17-6-9-20-46(36)51-47/h1-29H. The monoisotopic (exact) mass is 667 g/mol. The maximum Gasteiger partial charge on any atom is 0.0571 e. The van der Waals surface area contributed by atoms with Gasteiger partial charge in [-0.3, -0.25) is 4.98 Å². The van der Waals surface area contributed by atoms with Crippen molar-refractivity contribution >= 4 is 70.4 Å². The van der Waals surface area contributed by atoms with E-state index in [1.807, 2.05) is 23.7 Å². The fourth-order valence-electron chi connectivity index (χ4n) is 8.14. The summed E-state index contributed by atoms with van der Waals surface area (Å²) in [6.45, 7) is 0. The summed E-state index contributed by atoms with van der Waals surface area (Å²) in [6.07, 6.45) is 3.93. The van der Waals surface area contributed by atoms with E-state index >= 15 is 0 Å². The van der Waals surface area contributed by atoms with Crippen LogP contribution in [-0.4, -0.2) is 9.55 Å². The quantitative estimate of drug-likeness (QED) is 0.187. The molecule has 11 rings (SSSR count).